The lowest BCUT2D eigenvalue weighted by Crippen LogP contribution is -2.29. The van der Waals surface area contributed by atoms with Crippen molar-refractivity contribution < 1.29 is 0 Å². The second kappa shape index (κ2) is 9.16. The number of benzene rings is 1. The number of hydrogen-bond acceptors (Lipinski definition) is 3. The third kappa shape index (κ3) is 4.26. The molecule has 5 rings (SSSR count). The van der Waals surface area contributed by atoms with Gasteiger partial charge in [0, 0.05) is 43.1 Å². The molecule has 1 aliphatic rings. The van der Waals surface area contributed by atoms with Gasteiger partial charge in [-0.1, -0.05) is 36.4 Å². The van der Waals surface area contributed by atoms with Crippen LogP contribution in [-0.2, 0) is 13.1 Å². The summed E-state index contributed by atoms with van der Waals surface area (Å²) in [5.41, 5.74) is 7.25. The lowest BCUT2D eigenvalue weighted by Gasteiger charge is -2.28. The fraction of sp³-hybridized carbons (Fsp3) is 0.222. The molecule has 1 aliphatic heterocycles. The van der Waals surface area contributed by atoms with E-state index in [4.69, 9.17) is 12.2 Å². The van der Waals surface area contributed by atoms with E-state index in [2.05, 4.69) is 81.1 Å². The molecule has 0 radical (unpaired) electrons. The van der Waals surface area contributed by atoms with E-state index in [0.29, 0.717) is 6.54 Å². The maximum Gasteiger partial charge on any atom is 0.170 e. The van der Waals surface area contributed by atoms with E-state index in [1.807, 2.05) is 42.9 Å². The average molecular weight is 454 g/mol. The maximum atomic E-state index is 5.85. The smallest absolute Gasteiger partial charge is 0.170 e. The standard InChI is InChI=1S/C27H27N5S/c1-19-16-23(20(2)31(19)17-21-8-4-3-5-9-21)26-25(24-10-6-7-13-29-24)30-27(33)32(26)18-22-11-14-28-15-12-22/h3-16,25-26H,17-18H2,1-2H3,(H,30,33). The van der Waals surface area contributed by atoms with Crippen LogP contribution >= 0.6 is 12.2 Å². The molecule has 1 saturated heterocycles. The molecule has 1 aromatic carbocycles. The number of thiocarbonyl (C=S) groups is 1. The Hall–Kier alpha value is -3.51. The van der Waals surface area contributed by atoms with E-state index in [1.54, 1.807) is 0 Å². The van der Waals surface area contributed by atoms with E-state index < -0.39 is 0 Å². The molecule has 6 heteroatoms. The average Bonchev–Trinajstić information content (AvgIpc) is 3.31. The van der Waals surface area contributed by atoms with E-state index in [-0.39, 0.29) is 12.1 Å². The summed E-state index contributed by atoms with van der Waals surface area (Å²) in [5, 5.41) is 4.32. The minimum absolute atomic E-state index is 0.0220. The molecule has 4 aromatic rings. The minimum Gasteiger partial charge on any atom is -0.352 e. The van der Waals surface area contributed by atoms with Crippen LogP contribution in [0.2, 0.25) is 0 Å². The molecule has 0 amide bonds. The molecule has 4 heterocycles. The summed E-state index contributed by atoms with van der Waals surface area (Å²) >= 11 is 5.85. The number of aryl methyl sites for hydroxylation is 1. The van der Waals surface area contributed by atoms with Crippen LogP contribution in [0.25, 0.3) is 0 Å². The molecule has 1 N–H and O–H groups in total. The lowest BCUT2D eigenvalue weighted by atomic mass is 9.96. The first-order valence-electron chi connectivity index (χ1n) is 11.2. The van der Waals surface area contributed by atoms with Crippen LogP contribution in [0.5, 0.6) is 0 Å². The number of pyridine rings is 2. The molecule has 0 spiro atoms. The Labute approximate surface area is 200 Å². The fourth-order valence-corrected chi connectivity index (χ4v) is 5.04. The van der Waals surface area contributed by atoms with Crippen molar-refractivity contribution in [1.29, 1.82) is 0 Å². The number of nitrogens with one attached hydrogen (secondary N) is 1. The second-order valence-electron chi connectivity index (χ2n) is 8.51. The summed E-state index contributed by atoms with van der Waals surface area (Å²) in [6, 6.07) is 23.1. The van der Waals surface area contributed by atoms with Gasteiger partial charge in [-0.25, -0.2) is 0 Å². The van der Waals surface area contributed by atoms with Gasteiger partial charge in [-0.05, 0) is 73.1 Å². The first kappa shape index (κ1) is 21.3. The van der Waals surface area contributed by atoms with Crippen LogP contribution in [-0.4, -0.2) is 24.5 Å². The Balaban J connectivity index is 1.56. The van der Waals surface area contributed by atoms with Crippen molar-refractivity contribution in [2.75, 3.05) is 0 Å². The molecule has 1 fully saturated rings. The van der Waals surface area contributed by atoms with Crippen molar-refractivity contribution in [3.63, 3.8) is 0 Å². The van der Waals surface area contributed by atoms with Gasteiger partial charge < -0.3 is 14.8 Å². The van der Waals surface area contributed by atoms with E-state index in [1.165, 1.54) is 28.1 Å². The van der Waals surface area contributed by atoms with Crippen molar-refractivity contribution in [3.8, 4) is 0 Å². The van der Waals surface area contributed by atoms with Crippen LogP contribution in [0.4, 0.5) is 0 Å². The van der Waals surface area contributed by atoms with Crippen LogP contribution in [0, 0.1) is 13.8 Å². The summed E-state index contributed by atoms with van der Waals surface area (Å²) in [5.74, 6) is 0. The highest BCUT2D eigenvalue weighted by Gasteiger charge is 2.41. The lowest BCUT2D eigenvalue weighted by molar-refractivity contribution is 0.309. The first-order valence-corrected chi connectivity index (χ1v) is 11.6. The van der Waals surface area contributed by atoms with E-state index in [0.717, 1.165) is 17.4 Å². The topological polar surface area (TPSA) is 46.0 Å². The number of nitrogens with zero attached hydrogens (tertiary/aromatic N) is 4. The highest BCUT2D eigenvalue weighted by atomic mass is 32.1. The molecular weight excluding hydrogens is 426 g/mol. The van der Waals surface area contributed by atoms with Gasteiger partial charge in [0.2, 0.25) is 0 Å². The Morgan fingerprint density at radius 1 is 0.879 bits per heavy atom. The van der Waals surface area contributed by atoms with Crippen LogP contribution < -0.4 is 5.32 Å². The minimum atomic E-state index is -0.0220. The molecule has 33 heavy (non-hydrogen) atoms. The zero-order chi connectivity index (χ0) is 22.8. The Morgan fingerprint density at radius 3 is 2.33 bits per heavy atom. The summed E-state index contributed by atoms with van der Waals surface area (Å²) in [6.07, 6.45) is 5.51. The predicted molar refractivity (Wildman–Crippen MR) is 135 cm³/mol. The van der Waals surface area contributed by atoms with Gasteiger partial charge in [0.1, 0.15) is 0 Å². The summed E-state index contributed by atoms with van der Waals surface area (Å²) in [4.78, 5) is 11.1. The van der Waals surface area contributed by atoms with Gasteiger partial charge in [0.25, 0.3) is 0 Å². The van der Waals surface area contributed by atoms with Crippen molar-refractivity contribution in [3.05, 3.63) is 119 Å². The zero-order valence-corrected chi connectivity index (χ0v) is 19.7. The zero-order valence-electron chi connectivity index (χ0n) is 18.8. The third-order valence-corrected chi connectivity index (χ3v) is 6.77. The predicted octanol–water partition coefficient (Wildman–Crippen LogP) is 5.12. The van der Waals surface area contributed by atoms with Crippen LogP contribution in [0.1, 0.15) is 45.9 Å². The second-order valence-corrected chi connectivity index (χ2v) is 8.89. The van der Waals surface area contributed by atoms with E-state index in [9.17, 15) is 0 Å². The monoisotopic (exact) mass is 453 g/mol. The highest BCUT2D eigenvalue weighted by Crippen LogP contribution is 2.41. The van der Waals surface area contributed by atoms with Gasteiger partial charge in [-0.3, -0.25) is 9.97 Å². The van der Waals surface area contributed by atoms with Crippen LogP contribution in [0.15, 0.2) is 85.3 Å². The van der Waals surface area contributed by atoms with Crippen molar-refractivity contribution in [1.82, 2.24) is 24.8 Å². The third-order valence-electron chi connectivity index (χ3n) is 6.41. The first-order chi connectivity index (χ1) is 16.1. The molecular formula is C27H27N5S. The molecule has 0 aliphatic carbocycles. The fourth-order valence-electron chi connectivity index (χ4n) is 4.74. The SMILES string of the molecule is Cc1cc(C2C(c3ccccn3)NC(=S)N2Cc2ccncc2)c(C)n1Cc1ccccc1. The van der Waals surface area contributed by atoms with Crippen molar-refractivity contribution in [2.45, 2.75) is 39.0 Å². The quantitative estimate of drug-likeness (QED) is 0.411. The van der Waals surface area contributed by atoms with E-state index >= 15 is 0 Å². The summed E-state index contributed by atoms with van der Waals surface area (Å²) < 4.78 is 2.39. The van der Waals surface area contributed by atoms with Crippen molar-refractivity contribution in [2.24, 2.45) is 0 Å². The van der Waals surface area contributed by atoms with Gasteiger partial charge in [0.15, 0.2) is 5.11 Å². The Morgan fingerprint density at radius 2 is 1.61 bits per heavy atom. The van der Waals surface area contributed by atoms with Gasteiger partial charge in [0.05, 0.1) is 17.8 Å². The number of hydrogen-bond donors (Lipinski definition) is 1. The number of aromatic nitrogens is 3. The number of rotatable bonds is 6. The largest absolute Gasteiger partial charge is 0.352 e. The molecule has 2 atom stereocenters. The molecule has 0 saturated carbocycles. The molecule has 5 nitrogen and oxygen atoms in total. The van der Waals surface area contributed by atoms with Crippen molar-refractivity contribution >= 4 is 17.3 Å². The Bertz CT molecular complexity index is 1240. The van der Waals surface area contributed by atoms with Gasteiger partial charge in [-0.15, -0.1) is 0 Å². The molecule has 166 valence electrons. The van der Waals surface area contributed by atoms with Crippen LogP contribution in [0.3, 0.4) is 0 Å². The Kier molecular flexibility index (Phi) is 5.92. The molecule has 0 bridgehead atoms. The van der Waals surface area contributed by atoms with Gasteiger partial charge >= 0.3 is 0 Å². The molecule has 2 unspecified atom stereocenters. The normalized spacial score (nSPS) is 17.9. The molecule has 3 aromatic heterocycles. The summed E-state index contributed by atoms with van der Waals surface area (Å²) in [6.45, 7) is 5.96. The van der Waals surface area contributed by atoms with Gasteiger partial charge in [-0.2, -0.15) is 0 Å². The maximum absolute atomic E-state index is 5.85. The summed E-state index contributed by atoms with van der Waals surface area (Å²) in [7, 11) is 0. The highest BCUT2D eigenvalue weighted by molar-refractivity contribution is 7.80.